The molecule has 0 saturated heterocycles. The van der Waals surface area contributed by atoms with E-state index in [9.17, 15) is 50.5 Å². The summed E-state index contributed by atoms with van der Waals surface area (Å²) in [5, 5.41) is 87.9. The highest BCUT2D eigenvalue weighted by Gasteiger charge is 2.39. The summed E-state index contributed by atoms with van der Waals surface area (Å²) in [6, 6.07) is 14.9. The SMILES string of the molecule is CC(C)(C)CC(C)(C)c1cc(O)c(C(C)(C)CC(C)(C)C)cc1O.CC(C)(C)c1cc(CN(O)Cc2cc(C(C)(C)C)c(O)c(C(C)(C)C)c2)cc(C(C)(C)C)c1O.CCCCCCOC(=O)CCCC(C)(C)c1cc(O)c(C(C)(C)CCCC(=O)OCCCCCC)cc1O.Cc1c(C)c2c(c(C)c1O)CCC(C)(CCCC(C)CCCC(C)CCCC(C)C)O2. The van der Waals surface area contributed by atoms with Crippen LogP contribution in [0.3, 0.4) is 0 Å². The Bertz CT molecular complexity index is 3940. The number of carbonyl (C=O) groups excluding carboxylic acids is 2. The third kappa shape index (κ3) is 38.2. The van der Waals surface area contributed by atoms with Crippen molar-refractivity contribution in [2.45, 2.75) is 485 Å². The van der Waals surface area contributed by atoms with E-state index in [2.05, 4.69) is 208 Å². The summed E-state index contributed by atoms with van der Waals surface area (Å²) >= 11 is 0. The number of fused-ring (bicyclic) bond motifs is 1. The number of hydrogen-bond acceptors (Lipinski definition) is 14. The average Bonchev–Trinajstić information content (AvgIpc) is 0.743. The zero-order valence-corrected chi connectivity index (χ0v) is 87.8. The van der Waals surface area contributed by atoms with Gasteiger partial charge in [-0.1, -0.05) is 329 Å². The fourth-order valence-electron chi connectivity index (χ4n) is 19.0. The Morgan fingerprint density at radius 1 is 0.402 bits per heavy atom. The molecule has 14 nitrogen and oxygen atoms in total. The Morgan fingerprint density at radius 3 is 1.04 bits per heavy atom. The van der Waals surface area contributed by atoms with E-state index in [0.29, 0.717) is 105 Å². The number of benzene rings is 5. The largest absolute Gasteiger partial charge is 0.508 e. The number of hydrogen-bond donors (Lipinski definition) is 8. The first-order chi connectivity index (χ1) is 58.0. The van der Waals surface area contributed by atoms with Crippen molar-refractivity contribution in [1.29, 1.82) is 0 Å². The fraction of sp³-hybridized carbons (Fsp3) is 0.717. The molecule has 1 aliphatic heterocycles. The van der Waals surface area contributed by atoms with Crippen LogP contribution in [0.15, 0.2) is 48.5 Å². The molecule has 3 atom stereocenters. The zero-order chi connectivity index (χ0) is 97.4. The lowest BCUT2D eigenvalue weighted by Gasteiger charge is -2.38. The number of phenols is 7. The lowest BCUT2D eigenvalue weighted by Crippen LogP contribution is -2.37. The average molecular weight is 1770 g/mol. The molecule has 0 bridgehead atoms. The molecule has 724 valence electrons. The number of phenolic OH excluding ortho intramolecular Hbond substituents is 7. The molecule has 0 spiro atoms. The van der Waals surface area contributed by atoms with Crippen LogP contribution in [0.25, 0.3) is 0 Å². The van der Waals surface area contributed by atoms with Crippen LogP contribution >= 0.6 is 0 Å². The smallest absolute Gasteiger partial charge is 0.305 e. The lowest BCUT2D eigenvalue weighted by atomic mass is 9.69. The summed E-state index contributed by atoms with van der Waals surface area (Å²) in [6.07, 6.45) is 27.8. The van der Waals surface area contributed by atoms with Crippen molar-refractivity contribution < 1.29 is 64.8 Å². The van der Waals surface area contributed by atoms with Crippen LogP contribution in [-0.2, 0) is 81.9 Å². The van der Waals surface area contributed by atoms with Gasteiger partial charge in [0, 0.05) is 53.7 Å². The first-order valence-corrected chi connectivity index (χ1v) is 49.2. The van der Waals surface area contributed by atoms with Crippen molar-refractivity contribution >= 4 is 11.9 Å². The van der Waals surface area contributed by atoms with Crippen LogP contribution in [0.1, 0.15) is 473 Å². The molecule has 0 fully saturated rings. The van der Waals surface area contributed by atoms with Crippen LogP contribution in [0.5, 0.6) is 46.0 Å². The van der Waals surface area contributed by atoms with Crippen molar-refractivity contribution in [2.24, 2.45) is 28.6 Å². The van der Waals surface area contributed by atoms with Crippen LogP contribution in [-0.4, -0.2) is 76.8 Å². The highest BCUT2D eigenvalue weighted by atomic mass is 16.5. The van der Waals surface area contributed by atoms with E-state index in [1.54, 1.807) is 24.3 Å². The Balaban J connectivity index is 0.000000442. The predicted octanol–water partition coefficient (Wildman–Crippen LogP) is 31.3. The second-order valence-corrected chi connectivity index (χ2v) is 48.4. The highest BCUT2D eigenvalue weighted by Crippen LogP contribution is 2.51. The van der Waals surface area contributed by atoms with E-state index < -0.39 is 10.8 Å². The van der Waals surface area contributed by atoms with Crippen molar-refractivity contribution in [2.75, 3.05) is 13.2 Å². The number of hydroxylamine groups is 2. The second kappa shape index (κ2) is 48.7. The topological polar surface area (TPSA) is 227 Å². The summed E-state index contributed by atoms with van der Waals surface area (Å²) in [5.41, 5.74) is 10.8. The molecule has 0 radical (unpaired) electrons. The molecule has 14 heteroatoms. The van der Waals surface area contributed by atoms with Gasteiger partial charge >= 0.3 is 11.9 Å². The molecule has 127 heavy (non-hydrogen) atoms. The maximum Gasteiger partial charge on any atom is 0.305 e. The van der Waals surface area contributed by atoms with E-state index in [-0.39, 0.29) is 72.4 Å². The minimum absolute atomic E-state index is 0.0712. The van der Waals surface area contributed by atoms with Gasteiger partial charge in [-0.3, -0.25) is 9.59 Å². The van der Waals surface area contributed by atoms with Crippen LogP contribution in [0.4, 0.5) is 0 Å². The number of unbranched alkanes of at least 4 members (excludes halogenated alkanes) is 6. The van der Waals surface area contributed by atoms with Gasteiger partial charge in [0.1, 0.15) is 51.6 Å². The third-order valence-electron chi connectivity index (χ3n) is 26.1. The van der Waals surface area contributed by atoms with Gasteiger partial charge in [0.25, 0.3) is 0 Å². The van der Waals surface area contributed by atoms with E-state index in [1.807, 2.05) is 65.8 Å². The fourth-order valence-corrected chi connectivity index (χ4v) is 19.0. The molecule has 5 aromatic carbocycles. The van der Waals surface area contributed by atoms with E-state index in [4.69, 9.17) is 14.2 Å². The number of carbonyl (C=O) groups is 2. The van der Waals surface area contributed by atoms with Crippen molar-refractivity contribution in [1.82, 2.24) is 5.06 Å². The molecule has 0 aliphatic carbocycles. The molecule has 0 aromatic heterocycles. The second-order valence-electron chi connectivity index (χ2n) is 48.4. The van der Waals surface area contributed by atoms with Gasteiger partial charge in [-0.2, -0.15) is 5.06 Å². The quantitative estimate of drug-likeness (QED) is 0.00790. The van der Waals surface area contributed by atoms with Gasteiger partial charge in [-0.25, -0.2) is 0 Å². The molecule has 8 N–H and O–H groups in total. The van der Waals surface area contributed by atoms with Crippen molar-refractivity contribution in [3.05, 3.63) is 126 Å². The minimum atomic E-state index is -0.424. The third-order valence-corrected chi connectivity index (χ3v) is 26.1. The normalized spacial score (nSPS) is 14.9. The molecular formula is C113H189NO13. The predicted molar refractivity (Wildman–Crippen MR) is 534 cm³/mol. The number of esters is 2. The number of aromatic hydroxyl groups is 7. The van der Waals surface area contributed by atoms with Crippen LogP contribution < -0.4 is 4.74 Å². The Labute approximate surface area is 776 Å². The van der Waals surface area contributed by atoms with Crippen molar-refractivity contribution in [3.8, 4) is 46.0 Å². The maximum absolute atomic E-state index is 12.1. The summed E-state index contributed by atoms with van der Waals surface area (Å²) in [4.78, 5) is 24.1. The Morgan fingerprint density at radius 2 is 0.724 bits per heavy atom. The molecule has 1 aliphatic rings. The van der Waals surface area contributed by atoms with Gasteiger partial charge in [0.05, 0.1) is 13.2 Å². The Kier molecular flexibility index (Phi) is 43.9. The summed E-state index contributed by atoms with van der Waals surface area (Å²) in [7, 11) is 0. The number of nitrogens with zero attached hydrogens (tertiary/aromatic N) is 1. The standard InChI is InChI=1S/C32H54O6.C30H47NO3.C29H50O2.C22H38O2/c1-7-9-11-13-21-37-29(35)17-15-19-31(3,4)25-23-28(34)26(24-27(25)33)32(5,6)20-16-18-30(36)38-22-14-12-10-8-2;1-27(2,3)21-13-19(14-22(25(21)32)28(4,5)6)17-31(34)18-20-15-23(29(7,8)9)26(33)24(16-20)30(10,11)12;1-20(2)12-9-13-21(3)14-10-15-22(4)16-11-18-29(8)19-17-26-25(7)27(30)23(5)24(6)28(26)31-29;1-19(2,3)13-21(7,8)15-11-18(24)16(12-17(15)23)22(9,10)14-20(4,5)6/h23-24,33-34H,7-22H2,1-6H3;13-16,32-34H,17-18H2,1-12H3;20-22,30H,9-19H2,1-8H3;11-12,23-24H,13-14H2,1-10H3. The molecule has 1 heterocycles. The van der Waals surface area contributed by atoms with Gasteiger partial charge in [0.2, 0.25) is 0 Å². The Hall–Kier alpha value is -6.64. The molecule has 0 amide bonds. The van der Waals surface area contributed by atoms with Gasteiger partial charge in [-0.15, -0.1) is 0 Å². The van der Waals surface area contributed by atoms with Gasteiger partial charge in [-0.05, 0) is 251 Å². The number of rotatable bonds is 40. The van der Waals surface area contributed by atoms with E-state index in [1.165, 1.54) is 62.0 Å². The summed E-state index contributed by atoms with van der Waals surface area (Å²) < 4.78 is 17.3. The highest BCUT2D eigenvalue weighted by molar-refractivity contribution is 5.70. The monoisotopic (exact) mass is 1770 g/mol. The van der Waals surface area contributed by atoms with Crippen molar-refractivity contribution in [3.63, 3.8) is 0 Å². The molecule has 5 aromatic rings. The number of ether oxygens (including phenoxy) is 3. The lowest BCUT2D eigenvalue weighted by molar-refractivity contribution is -0.144. The van der Waals surface area contributed by atoms with Crippen LogP contribution in [0.2, 0.25) is 0 Å². The first kappa shape index (κ1) is 115. The summed E-state index contributed by atoms with van der Waals surface area (Å²) in [5.74, 6) is 5.23. The van der Waals surface area contributed by atoms with E-state index >= 15 is 0 Å². The molecule has 0 saturated carbocycles. The van der Waals surface area contributed by atoms with Gasteiger partial charge < -0.3 is 55.2 Å². The van der Waals surface area contributed by atoms with Gasteiger partial charge in [0.15, 0.2) is 0 Å². The van der Waals surface area contributed by atoms with Crippen LogP contribution in [0, 0.1) is 49.4 Å². The molecule has 3 unspecified atom stereocenters. The molecular weight excluding hydrogens is 1580 g/mol. The minimum Gasteiger partial charge on any atom is -0.508 e. The first-order valence-electron chi connectivity index (χ1n) is 49.2. The summed E-state index contributed by atoms with van der Waals surface area (Å²) in [6.45, 7) is 78.7. The zero-order valence-electron chi connectivity index (χ0n) is 87.8. The maximum atomic E-state index is 12.1. The van der Waals surface area contributed by atoms with E-state index in [0.717, 1.165) is 168 Å². The molecule has 6 rings (SSSR count).